The van der Waals surface area contributed by atoms with Gasteiger partial charge in [0.2, 0.25) is 0 Å². The first-order valence-electron chi connectivity index (χ1n) is 12.7. The molecule has 8 nitrogen and oxygen atoms in total. The Bertz CT molecular complexity index is 1540. The van der Waals surface area contributed by atoms with E-state index in [1.165, 1.54) is 17.9 Å². The minimum atomic E-state index is -4.24. The van der Waals surface area contributed by atoms with Crippen LogP contribution in [0.3, 0.4) is 0 Å². The summed E-state index contributed by atoms with van der Waals surface area (Å²) in [5.41, 5.74) is -1.11. The maximum absolute atomic E-state index is 13.6. The second kappa shape index (κ2) is 7.49. The van der Waals surface area contributed by atoms with Gasteiger partial charge < -0.3 is 9.30 Å². The Morgan fingerprint density at radius 2 is 1.84 bits per heavy atom. The van der Waals surface area contributed by atoms with Gasteiger partial charge >= 0.3 is 6.18 Å². The van der Waals surface area contributed by atoms with Gasteiger partial charge in [-0.15, -0.1) is 0 Å². The van der Waals surface area contributed by atoms with Crippen LogP contribution in [0.2, 0.25) is 0 Å². The highest BCUT2D eigenvalue weighted by molar-refractivity contribution is 5.81. The van der Waals surface area contributed by atoms with Crippen LogP contribution in [0, 0.1) is 5.41 Å². The molecule has 8 rings (SSSR count). The molecule has 4 aliphatic carbocycles. The van der Waals surface area contributed by atoms with Crippen LogP contribution in [0.25, 0.3) is 10.9 Å². The van der Waals surface area contributed by atoms with E-state index in [0.717, 1.165) is 18.4 Å². The van der Waals surface area contributed by atoms with Crippen LogP contribution in [-0.4, -0.2) is 37.1 Å². The number of aryl methyl sites for hydroxylation is 1. The Balaban J connectivity index is 1.26. The summed E-state index contributed by atoms with van der Waals surface area (Å²) in [4.78, 5) is 34.8. The maximum atomic E-state index is 13.6. The molecule has 11 heteroatoms. The van der Waals surface area contributed by atoms with Gasteiger partial charge in [0.15, 0.2) is 0 Å². The monoisotopic (exact) mass is 513 g/mol. The molecule has 0 amide bonds. The fourth-order valence-electron chi connectivity index (χ4n) is 6.66. The fraction of sp³-hybridized carbons (Fsp3) is 0.577. The molecule has 2 unspecified atom stereocenters. The smallest absolute Gasteiger partial charge is 0.373 e. The summed E-state index contributed by atoms with van der Waals surface area (Å²) in [6.45, 7) is 0.450. The van der Waals surface area contributed by atoms with Crippen LogP contribution in [-0.2, 0) is 17.2 Å². The van der Waals surface area contributed by atoms with E-state index in [0.29, 0.717) is 36.4 Å². The Morgan fingerprint density at radius 3 is 2.54 bits per heavy atom. The molecule has 37 heavy (non-hydrogen) atoms. The van der Waals surface area contributed by atoms with Gasteiger partial charge in [0, 0.05) is 48.7 Å². The van der Waals surface area contributed by atoms with E-state index < -0.39 is 17.0 Å². The summed E-state index contributed by atoms with van der Waals surface area (Å²) >= 11 is 0. The van der Waals surface area contributed by atoms with Crippen LogP contribution >= 0.6 is 0 Å². The van der Waals surface area contributed by atoms with Crippen molar-refractivity contribution in [3.8, 4) is 0 Å². The second-order valence-corrected chi connectivity index (χ2v) is 11.4. The zero-order chi connectivity index (χ0) is 25.7. The van der Waals surface area contributed by atoms with E-state index in [1.807, 2.05) is 6.20 Å². The van der Waals surface area contributed by atoms with E-state index >= 15 is 0 Å². The van der Waals surface area contributed by atoms with Gasteiger partial charge in [0.25, 0.3) is 11.1 Å². The summed E-state index contributed by atoms with van der Waals surface area (Å²) in [6, 6.07) is 3.61. The summed E-state index contributed by atoms with van der Waals surface area (Å²) in [5.74, 6) is 0.338. The van der Waals surface area contributed by atoms with Gasteiger partial charge in [-0.25, -0.2) is 14.6 Å². The first kappa shape index (κ1) is 23.1. The molecule has 4 saturated carbocycles. The van der Waals surface area contributed by atoms with Gasteiger partial charge in [-0.1, -0.05) is 0 Å². The third-order valence-electron chi connectivity index (χ3n) is 8.88. The van der Waals surface area contributed by atoms with E-state index in [4.69, 9.17) is 9.72 Å². The Labute approximate surface area is 209 Å². The number of halogens is 3. The van der Waals surface area contributed by atoms with Crippen molar-refractivity contribution in [2.45, 2.75) is 74.6 Å². The molecule has 4 heterocycles. The Kier molecular flexibility index (Phi) is 4.67. The standard InChI is InChI=1S/C26H26F3N5O3/c1-33-23(36)20-17(9-30-33)21(24-11-25(12-24,13-24)26(27,28)29)32-22(31-20)14-6-7-37-18(8-14)15-2-5-19(35)34(10-15)16-3-4-16/h2,5,9-10,14,16,18H,3-4,6-8,11-13H2,1H3. The summed E-state index contributed by atoms with van der Waals surface area (Å²) in [6.07, 6.45) is 2.02. The summed E-state index contributed by atoms with van der Waals surface area (Å²) in [7, 11) is 1.53. The van der Waals surface area contributed by atoms with Gasteiger partial charge in [0.1, 0.15) is 11.3 Å². The molecule has 0 N–H and O–H groups in total. The Morgan fingerprint density at radius 1 is 1.08 bits per heavy atom. The van der Waals surface area contributed by atoms with E-state index in [1.54, 1.807) is 16.7 Å². The molecule has 0 aromatic carbocycles. The molecule has 2 atom stereocenters. The van der Waals surface area contributed by atoms with Crippen LogP contribution in [0.15, 0.2) is 34.1 Å². The molecule has 0 spiro atoms. The predicted octanol–water partition coefficient (Wildman–Crippen LogP) is 3.84. The largest absolute Gasteiger partial charge is 0.394 e. The first-order chi connectivity index (χ1) is 17.6. The minimum absolute atomic E-state index is 0.0105. The number of ether oxygens (including phenoxy) is 1. The lowest BCUT2D eigenvalue weighted by molar-refractivity contribution is -0.337. The highest BCUT2D eigenvalue weighted by Gasteiger charge is 2.79. The van der Waals surface area contributed by atoms with Crippen molar-refractivity contribution >= 4 is 10.9 Å². The van der Waals surface area contributed by atoms with E-state index in [9.17, 15) is 22.8 Å². The molecular weight excluding hydrogens is 487 g/mol. The second-order valence-electron chi connectivity index (χ2n) is 11.4. The van der Waals surface area contributed by atoms with Gasteiger partial charge in [-0.05, 0) is 56.6 Å². The highest BCUT2D eigenvalue weighted by atomic mass is 19.4. The SMILES string of the molecule is Cn1ncc2c(C34CC(C(F)(F)F)(C3)C4)nc(C3CCOC(c4ccc(=O)n(C5CC5)c4)C3)nc2c1=O. The van der Waals surface area contributed by atoms with Crippen molar-refractivity contribution < 1.29 is 17.9 Å². The zero-order valence-electron chi connectivity index (χ0n) is 20.3. The fourth-order valence-corrected chi connectivity index (χ4v) is 6.66. The third kappa shape index (κ3) is 3.35. The molecule has 5 aliphatic rings. The lowest BCUT2D eigenvalue weighted by Crippen LogP contribution is -2.70. The zero-order valence-corrected chi connectivity index (χ0v) is 20.3. The van der Waals surface area contributed by atoms with Crippen LogP contribution < -0.4 is 11.1 Å². The number of fused-ring (bicyclic) bond motifs is 1. The molecule has 3 aromatic rings. The number of aromatic nitrogens is 5. The lowest BCUT2D eigenvalue weighted by atomic mass is 9.33. The average Bonchev–Trinajstić information content (AvgIpc) is 3.64. The van der Waals surface area contributed by atoms with Gasteiger partial charge in [0.05, 0.1) is 23.4 Å². The molecule has 2 bridgehead atoms. The number of hydrogen-bond donors (Lipinski definition) is 0. The van der Waals surface area contributed by atoms with Crippen molar-refractivity contribution in [3.63, 3.8) is 0 Å². The maximum Gasteiger partial charge on any atom is 0.394 e. The average molecular weight is 514 g/mol. The normalized spacial score (nSPS) is 31.1. The molecule has 0 radical (unpaired) electrons. The van der Waals surface area contributed by atoms with E-state index in [-0.39, 0.29) is 54.0 Å². The van der Waals surface area contributed by atoms with Crippen molar-refractivity contribution in [1.29, 1.82) is 0 Å². The van der Waals surface area contributed by atoms with Crippen molar-refractivity contribution in [2.75, 3.05) is 6.61 Å². The number of nitrogens with zero attached hydrogens (tertiary/aromatic N) is 5. The van der Waals surface area contributed by atoms with E-state index in [2.05, 4.69) is 10.1 Å². The number of alkyl halides is 3. The Hall–Kier alpha value is -3.08. The molecular formula is C26H26F3N5O3. The molecule has 5 fully saturated rings. The van der Waals surface area contributed by atoms with Gasteiger partial charge in [-0.3, -0.25) is 9.59 Å². The predicted molar refractivity (Wildman–Crippen MR) is 126 cm³/mol. The molecule has 3 aromatic heterocycles. The van der Waals surface area contributed by atoms with Crippen molar-refractivity contribution in [1.82, 2.24) is 24.3 Å². The third-order valence-corrected chi connectivity index (χ3v) is 8.88. The van der Waals surface area contributed by atoms with Crippen LogP contribution in [0.5, 0.6) is 0 Å². The number of pyridine rings is 1. The minimum Gasteiger partial charge on any atom is -0.373 e. The van der Waals surface area contributed by atoms with Crippen LogP contribution in [0.1, 0.15) is 80.1 Å². The summed E-state index contributed by atoms with van der Waals surface area (Å²) < 4.78 is 49.8. The quantitative estimate of drug-likeness (QED) is 0.527. The summed E-state index contributed by atoms with van der Waals surface area (Å²) in [5, 5.41) is 4.55. The molecule has 1 saturated heterocycles. The topological polar surface area (TPSA) is 91.9 Å². The van der Waals surface area contributed by atoms with Gasteiger partial charge in [-0.2, -0.15) is 18.3 Å². The molecule has 194 valence electrons. The lowest BCUT2D eigenvalue weighted by Gasteiger charge is -2.70. The van der Waals surface area contributed by atoms with Crippen molar-refractivity contribution in [2.24, 2.45) is 12.5 Å². The highest BCUT2D eigenvalue weighted by Crippen LogP contribution is 2.78. The van der Waals surface area contributed by atoms with Crippen molar-refractivity contribution in [3.05, 3.63) is 62.3 Å². The molecule has 1 aliphatic heterocycles. The first-order valence-corrected chi connectivity index (χ1v) is 12.7. The number of hydrogen-bond acceptors (Lipinski definition) is 6. The number of rotatable bonds is 4. The van der Waals surface area contributed by atoms with Crippen LogP contribution in [0.4, 0.5) is 13.2 Å².